The number of rotatable bonds is 1. The Morgan fingerprint density at radius 2 is 2.41 bits per heavy atom. The zero-order valence-electron chi connectivity index (χ0n) is 9.05. The van der Waals surface area contributed by atoms with Gasteiger partial charge in [0.2, 0.25) is 0 Å². The van der Waals surface area contributed by atoms with Gasteiger partial charge in [0.1, 0.15) is 5.39 Å². The van der Waals surface area contributed by atoms with E-state index in [1.165, 1.54) is 0 Å². The first kappa shape index (κ1) is 9.90. The number of nitrogens with zero attached hydrogens (tertiary/aromatic N) is 3. The molecule has 2 aromatic heterocycles. The van der Waals surface area contributed by atoms with E-state index in [1.807, 2.05) is 0 Å². The second-order valence-electron chi connectivity index (χ2n) is 4.28. The molecule has 3 N–H and O–H groups in total. The largest absolute Gasteiger partial charge is 0.382 e. The Kier molecular flexibility index (Phi) is 1.95. The number of nitrogens with two attached hydrogens (primary N) is 1. The molecule has 0 aliphatic heterocycles. The van der Waals surface area contributed by atoms with Crippen molar-refractivity contribution in [2.45, 2.75) is 18.9 Å². The topological polar surface area (TPSA) is 100 Å². The molecule has 17 heavy (non-hydrogen) atoms. The minimum Gasteiger partial charge on any atom is -0.382 e. The summed E-state index contributed by atoms with van der Waals surface area (Å²) in [4.78, 5) is 14.2. The van der Waals surface area contributed by atoms with Gasteiger partial charge in [-0.25, -0.2) is 0 Å². The van der Waals surface area contributed by atoms with Crippen molar-refractivity contribution in [2.75, 3.05) is 5.73 Å². The summed E-state index contributed by atoms with van der Waals surface area (Å²) in [5.41, 5.74) is 6.21. The molecule has 0 saturated heterocycles. The average Bonchev–Trinajstić information content (AvgIpc) is 2.57. The molecule has 86 valence electrons. The number of nitriles is 1. The molecule has 2 unspecified atom stereocenters. The molecule has 2 heterocycles. The van der Waals surface area contributed by atoms with Crippen LogP contribution in [0.4, 0.5) is 5.82 Å². The molecule has 0 aromatic carbocycles. The first-order chi connectivity index (χ1) is 8.22. The lowest BCUT2D eigenvalue weighted by Crippen LogP contribution is -2.28. The first-order valence-electron chi connectivity index (χ1n) is 5.47. The summed E-state index contributed by atoms with van der Waals surface area (Å²) in [5, 5.41) is 13.6. The Labute approximate surface area is 96.7 Å². The van der Waals surface area contributed by atoms with Crippen molar-refractivity contribution in [3.8, 4) is 6.07 Å². The van der Waals surface area contributed by atoms with Crippen LogP contribution >= 0.6 is 0 Å². The normalized spacial score (nSPS) is 23.2. The molecule has 0 bridgehead atoms. The van der Waals surface area contributed by atoms with Gasteiger partial charge in [-0.3, -0.25) is 9.48 Å². The van der Waals surface area contributed by atoms with E-state index in [2.05, 4.69) is 16.2 Å². The number of fused-ring (bicyclic) bond motifs is 1. The van der Waals surface area contributed by atoms with Gasteiger partial charge in [0.15, 0.2) is 5.82 Å². The number of hydrogen-bond acceptors (Lipinski definition) is 4. The summed E-state index contributed by atoms with van der Waals surface area (Å²) in [6.45, 7) is 0. The fourth-order valence-corrected chi connectivity index (χ4v) is 2.31. The van der Waals surface area contributed by atoms with Gasteiger partial charge in [-0.05, 0) is 18.9 Å². The zero-order chi connectivity index (χ0) is 12.0. The number of anilines is 1. The van der Waals surface area contributed by atoms with Gasteiger partial charge in [-0.2, -0.15) is 10.4 Å². The maximum atomic E-state index is 11.6. The van der Waals surface area contributed by atoms with Crippen LogP contribution in [0.25, 0.3) is 10.9 Å². The fraction of sp³-hybridized carbons (Fsp3) is 0.364. The van der Waals surface area contributed by atoms with E-state index in [9.17, 15) is 4.79 Å². The number of nitrogens with one attached hydrogen (secondary N) is 1. The van der Waals surface area contributed by atoms with Crippen LogP contribution in [0.5, 0.6) is 0 Å². The summed E-state index contributed by atoms with van der Waals surface area (Å²) < 4.78 is 1.72. The SMILES string of the molecule is N#CC1CCC1n1nc(N)c2c(=O)[nH]ccc21. The van der Waals surface area contributed by atoms with Gasteiger partial charge >= 0.3 is 0 Å². The number of nitrogen functional groups attached to an aromatic ring is 1. The van der Waals surface area contributed by atoms with Crippen LogP contribution in [-0.2, 0) is 0 Å². The summed E-state index contributed by atoms with van der Waals surface area (Å²) in [6.07, 6.45) is 3.36. The summed E-state index contributed by atoms with van der Waals surface area (Å²) in [7, 11) is 0. The summed E-state index contributed by atoms with van der Waals surface area (Å²) >= 11 is 0. The fourth-order valence-electron chi connectivity index (χ4n) is 2.31. The van der Waals surface area contributed by atoms with E-state index < -0.39 is 0 Å². The minimum atomic E-state index is -0.237. The Hall–Kier alpha value is -2.29. The lowest BCUT2D eigenvalue weighted by atomic mass is 9.81. The van der Waals surface area contributed by atoms with Gasteiger partial charge in [0.05, 0.1) is 23.5 Å². The van der Waals surface area contributed by atoms with Crippen molar-refractivity contribution in [1.29, 1.82) is 5.26 Å². The predicted octanol–water partition coefficient (Wildman–Crippen LogP) is 0.781. The molecule has 1 aliphatic carbocycles. The number of H-pyrrole nitrogens is 1. The number of hydrogen-bond donors (Lipinski definition) is 2. The second kappa shape index (κ2) is 3.35. The number of aromatic amines is 1. The Morgan fingerprint density at radius 1 is 1.59 bits per heavy atom. The first-order valence-corrected chi connectivity index (χ1v) is 5.47. The molecule has 6 heteroatoms. The molecule has 0 radical (unpaired) electrons. The lowest BCUT2D eigenvalue weighted by molar-refractivity contribution is 0.225. The van der Waals surface area contributed by atoms with Crippen LogP contribution in [-0.4, -0.2) is 14.8 Å². The minimum absolute atomic E-state index is 0.0308. The second-order valence-corrected chi connectivity index (χ2v) is 4.28. The van der Waals surface area contributed by atoms with E-state index in [0.29, 0.717) is 10.9 Å². The molecule has 1 fully saturated rings. The molecule has 2 atom stereocenters. The third-order valence-corrected chi connectivity index (χ3v) is 3.38. The third-order valence-electron chi connectivity index (χ3n) is 3.38. The lowest BCUT2D eigenvalue weighted by Gasteiger charge is -2.31. The monoisotopic (exact) mass is 229 g/mol. The number of pyridine rings is 1. The maximum Gasteiger partial charge on any atom is 0.261 e. The average molecular weight is 229 g/mol. The molecule has 0 spiro atoms. The highest BCUT2D eigenvalue weighted by Crippen LogP contribution is 2.39. The molecular weight excluding hydrogens is 218 g/mol. The predicted molar refractivity (Wildman–Crippen MR) is 62.1 cm³/mol. The molecule has 0 amide bonds. The van der Waals surface area contributed by atoms with Gasteiger partial charge < -0.3 is 10.7 Å². The Bertz CT molecular complexity index is 677. The molecule has 2 aromatic rings. The van der Waals surface area contributed by atoms with Crippen LogP contribution < -0.4 is 11.3 Å². The molecule has 1 aliphatic rings. The van der Waals surface area contributed by atoms with Gasteiger partial charge in [-0.15, -0.1) is 0 Å². The summed E-state index contributed by atoms with van der Waals surface area (Å²) in [5.74, 6) is 0.197. The van der Waals surface area contributed by atoms with Gasteiger partial charge in [-0.1, -0.05) is 0 Å². The molecule has 6 nitrogen and oxygen atoms in total. The van der Waals surface area contributed by atoms with Crippen LogP contribution in [0, 0.1) is 17.2 Å². The Balaban J connectivity index is 2.22. The standard InChI is InChI=1S/C11H11N5O/c12-5-6-1-2-7(6)16-8-3-4-14-11(17)9(8)10(13)15-16/h3-4,6-7H,1-2H2,(H2,13,15)(H,14,17). The van der Waals surface area contributed by atoms with Gasteiger partial charge in [0.25, 0.3) is 5.56 Å². The van der Waals surface area contributed by atoms with Crippen LogP contribution in [0.2, 0.25) is 0 Å². The van der Waals surface area contributed by atoms with Crippen molar-refractivity contribution in [3.63, 3.8) is 0 Å². The third kappa shape index (κ3) is 1.25. The number of aromatic nitrogens is 3. The van der Waals surface area contributed by atoms with E-state index in [-0.39, 0.29) is 23.3 Å². The molecular formula is C11H11N5O. The van der Waals surface area contributed by atoms with Crippen molar-refractivity contribution in [2.24, 2.45) is 5.92 Å². The van der Waals surface area contributed by atoms with Crippen molar-refractivity contribution in [3.05, 3.63) is 22.6 Å². The smallest absolute Gasteiger partial charge is 0.261 e. The highest BCUT2D eigenvalue weighted by molar-refractivity contribution is 5.88. The quantitative estimate of drug-likeness (QED) is 0.754. The van der Waals surface area contributed by atoms with E-state index in [1.54, 1.807) is 16.9 Å². The van der Waals surface area contributed by atoms with E-state index in [4.69, 9.17) is 11.0 Å². The van der Waals surface area contributed by atoms with Crippen molar-refractivity contribution >= 4 is 16.7 Å². The van der Waals surface area contributed by atoms with Crippen molar-refractivity contribution in [1.82, 2.24) is 14.8 Å². The maximum absolute atomic E-state index is 11.6. The van der Waals surface area contributed by atoms with Crippen LogP contribution in [0.1, 0.15) is 18.9 Å². The van der Waals surface area contributed by atoms with Crippen molar-refractivity contribution < 1.29 is 0 Å². The Morgan fingerprint density at radius 3 is 3.06 bits per heavy atom. The highest BCUT2D eigenvalue weighted by Gasteiger charge is 2.34. The van der Waals surface area contributed by atoms with Crippen LogP contribution in [0.15, 0.2) is 17.1 Å². The highest BCUT2D eigenvalue weighted by atomic mass is 16.1. The van der Waals surface area contributed by atoms with Gasteiger partial charge in [0, 0.05) is 6.20 Å². The van der Waals surface area contributed by atoms with E-state index in [0.717, 1.165) is 12.8 Å². The zero-order valence-corrected chi connectivity index (χ0v) is 9.05. The molecule has 3 rings (SSSR count). The van der Waals surface area contributed by atoms with E-state index >= 15 is 0 Å². The van der Waals surface area contributed by atoms with Crippen LogP contribution in [0.3, 0.4) is 0 Å². The molecule has 1 saturated carbocycles. The summed E-state index contributed by atoms with van der Waals surface area (Å²) in [6, 6.07) is 4.06.